The first kappa shape index (κ1) is 26.9. The van der Waals surface area contributed by atoms with Crippen LogP contribution in [0.2, 0.25) is 0 Å². The second-order valence-corrected chi connectivity index (χ2v) is 7.48. The van der Waals surface area contributed by atoms with Crippen LogP contribution in [0.3, 0.4) is 0 Å². The van der Waals surface area contributed by atoms with E-state index in [-0.39, 0.29) is 21.8 Å². The Morgan fingerprint density at radius 1 is 1.10 bits per heavy atom. The third-order valence-electron chi connectivity index (χ3n) is 4.92. The fourth-order valence-electron chi connectivity index (χ4n) is 3.32. The number of hydrogen-bond donors (Lipinski definition) is 3. The molecule has 4 N–H and O–H groups in total. The summed E-state index contributed by atoms with van der Waals surface area (Å²) in [5, 5.41) is 14.3. The van der Waals surface area contributed by atoms with Crippen LogP contribution in [-0.2, 0) is 6.18 Å². The fourth-order valence-corrected chi connectivity index (χ4v) is 3.32. The van der Waals surface area contributed by atoms with Crippen molar-refractivity contribution in [3.63, 3.8) is 0 Å². The number of carbonyl (C=O) groups is 1. The molecule has 0 bridgehead atoms. The van der Waals surface area contributed by atoms with Gasteiger partial charge >= 0.3 is 6.18 Å². The molecule has 1 aromatic carbocycles. The molecule has 1 amide bonds. The van der Waals surface area contributed by atoms with Crippen LogP contribution in [-0.4, -0.2) is 37.4 Å². The van der Waals surface area contributed by atoms with Crippen LogP contribution in [0.1, 0.15) is 21.6 Å². The molecule has 39 heavy (non-hydrogen) atoms. The van der Waals surface area contributed by atoms with Crippen LogP contribution in [0.5, 0.6) is 11.5 Å². The van der Waals surface area contributed by atoms with E-state index in [4.69, 9.17) is 15.6 Å². The summed E-state index contributed by atoms with van der Waals surface area (Å²) in [4.78, 5) is 20.0. The normalized spacial score (nSPS) is 11.1. The lowest BCUT2D eigenvalue weighted by molar-refractivity contribution is -0.143. The SMILES string of the molecule is Nc1nccc(Oc2c(F)cc(NC(=O)c3cnn(-c4ncccc4F)c3C(F)(F)F)cc2F)c1C#CCO. The number of rotatable bonds is 5. The molecule has 0 aliphatic heterocycles. The van der Waals surface area contributed by atoms with Gasteiger partial charge in [-0.1, -0.05) is 11.8 Å². The first-order valence-corrected chi connectivity index (χ1v) is 10.6. The first-order chi connectivity index (χ1) is 18.5. The lowest BCUT2D eigenvalue weighted by Crippen LogP contribution is -2.21. The number of pyridine rings is 2. The number of nitrogen functional groups attached to an aromatic ring is 1. The number of alkyl halides is 3. The van der Waals surface area contributed by atoms with Crippen LogP contribution in [0.4, 0.5) is 37.8 Å². The Bertz CT molecular complexity index is 1600. The quantitative estimate of drug-likeness (QED) is 0.253. The summed E-state index contributed by atoms with van der Waals surface area (Å²) in [5.41, 5.74) is 2.34. The third kappa shape index (κ3) is 5.60. The number of ether oxygens (including phenoxy) is 1. The van der Waals surface area contributed by atoms with Gasteiger partial charge in [0.15, 0.2) is 34.7 Å². The van der Waals surface area contributed by atoms with Crippen LogP contribution in [0, 0.1) is 29.3 Å². The molecule has 9 nitrogen and oxygen atoms in total. The Kier molecular flexibility index (Phi) is 7.40. The summed E-state index contributed by atoms with van der Waals surface area (Å²) in [6.07, 6.45) is -2.48. The van der Waals surface area contributed by atoms with E-state index in [1.54, 1.807) is 0 Å². The molecule has 0 fully saturated rings. The van der Waals surface area contributed by atoms with Gasteiger partial charge in [-0.3, -0.25) is 4.79 Å². The number of aromatic nitrogens is 4. The van der Waals surface area contributed by atoms with Gasteiger partial charge in [-0.15, -0.1) is 0 Å². The number of nitrogens with one attached hydrogen (secondary N) is 1. The maximum atomic E-state index is 14.8. The number of carbonyl (C=O) groups excluding carboxylic acids is 1. The van der Waals surface area contributed by atoms with Crippen molar-refractivity contribution in [2.45, 2.75) is 6.18 Å². The minimum atomic E-state index is -5.19. The van der Waals surface area contributed by atoms with E-state index < -0.39 is 64.7 Å². The van der Waals surface area contributed by atoms with Gasteiger partial charge in [-0.25, -0.2) is 27.8 Å². The summed E-state index contributed by atoms with van der Waals surface area (Å²) in [6, 6.07) is 4.38. The zero-order chi connectivity index (χ0) is 28.3. The number of aliphatic hydroxyl groups is 1. The Balaban J connectivity index is 1.65. The van der Waals surface area contributed by atoms with E-state index in [0.29, 0.717) is 18.3 Å². The van der Waals surface area contributed by atoms with Gasteiger partial charge in [0, 0.05) is 36.3 Å². The van der Waals surface area contributed by atoms with Crippen LogP contribution in [0.15, 0.2) is 48.9 Å². The Labute approximate surface area is 214 Å². The molecule has 200 valence electrons. The van der Waals surface area contributed by atoms with Gasteiger partial charge in [-0.2, -0.15) is 18.3 Å². The molecule has 15 heteroatoms. The van der Waals surface area contributed by atoms with E-state index in [0.717, 1.165) is 18.3 Å². The Hall–Kier alpha value is -5.10. The highest BCUT2D eigenvalue weighted by atomic mass is 19.4. The number of benzene rings is 1. The molecular weight excluding hydrogens is 534 g/mol. The Morgan fingerprint density at radius 2 is 1.82 bits per heavy atom. The second kappa shape index (κ2) is 10.7. The molecule has 0 radical (unpaired) electrons. The standard InChI is InChI=1S/C24H14F6N6O3/c25-15-4-1-6-33-22(15)36-20(24(28,29)30)14(11-34-36)23(38)35-12-9-16(26)19(17(27)10-12)39-18-5-7-32-21(31)13(18)3-2-8-37/h1,4-7,9-11,37H,8H2,(H2,31,32)(H,35,38). The lowest BCUT2D eigenvalue weighted by atomic mass is 10.2. The molecule has 0 atom stereocenters. The summed E-state index contributed by atoms with van der Waals surface area (Å²) in [6.45, 7) is -0.545. The molecule has 0 saturated heterocycles. The topological polar surface area (TPSA) is 128 Å². The predicted molar refractivity (Wildman–Crippen MR) is 123 cm³/mol. The van der Waals surface area contributed by atoms with Gasteiger partial charge in [0.25, 0.3) is 5.91 Å². The number of hydrogen-bond acceptors (Lipinski definition) is 7. The van der Waals surface area contributed by atoms with Gasteiger partial charge in [0.1, 0.15) is 23.7 Å². The molecule has 0 unspecified atom stereocenters. The summed E-state index contributed by atoms with van der Waals surface area (Å²) >= 11 is 0. The van der Waals surface area contributed by atoms with Gasteiger partial charge in [0.05, 0.1) is 11.8 Å². The van der Waals surface area contributed by atoms with Crippen LogP contribution in [0.25, 0.3) is 5.82 Å². The highest BCUT2D eigenvalue weighted by molar-refractivity contribution is 6.05. The molecule has 4 rings (SSSR count). The second-order valence-electron chi connectivity index (χ2n) is 7.48. The van der Waals surface area contributed by atoms with E-state index in [2.05, 4.69) is 26.9 Å². The number of amides is 1. The van der Waals surface area contributed by atoms with Crippen molar-refractivity contribution in [2.24, 2.45) is 0 Å². The van der Waals surface area contributed by atoms with Gasteiger partial charge < -0.3 is 20.9 Å². The number of anilines is 2. The highest BCUT2D eigenvalue weighted by Gasteiger charge is 2.41. The van der Waals surface area contributed by atoms with E-state index in [9.17, 15) is 31.1 Å². The molecule has 0 aliphatic rings. The Morgan fingerprint density at radius 3 is 2.46 bits per heavy atom. The summed E-state index contributed by atoms with van der Waals surface area (Å²) in [7, 11) is 0. The van der Waals surface area contributed by atoms with E-state index >= 15 is 0 Å². The zero-order valence-corrected chi connectivity index (χ0v) is 19.2. The molecule has 0 saturated carbocycles. The number of nitrogens with zero attached hydrogens (tertiary/aromatic N) is 4. The average Bonchev–Trinajstić information content (AvgIpc) is 3.32. The van der Waals surface area contributed by atoms with Crippen molar-refractivity contribution in [3.8, 4) is 29.2 Å². The minimum Gasteiger partial charge on any atom is -0.450 e. The van der Waals surface area contributed by atoms with Crippen molar-refractivity contribution >= 4 is 17.4 Å². The molecule has 0 aliphatic carbocycles. The van der Waals surface area contributed by atoms with Crippen molar-refractivity contribution in [1.29, 1.82) is 0 Å². The van der Waals surface area contributed by atoms with Gasteiger partial charge in [0.2, 0.25) is 0 Å². The fraction of sp³-hybridized carbons (Fsp3) is 0.0833. The first-order valence-electron chi connectivity index (χ1n) is 10.6. The average molecular weight is 548 g/mol. The van der Waals surface area contributed by atoms with E-state index in [1.807, 2.05) is 5.32 Å². The zero-order valence-electron chi connectivity index (χ0n) is 19.2. The molecule has 0 spiro atoms. The molecule has 3 heterocycles. The molecule has 3 aromatic heterocycles. The van der Waals surface area contributed by atoms with Crippen molar-refractivity contribution < 1.29 is 41.0 Å². The maximum absolute atomic E-state index is 14.8. The molecular formula is C24H14F6N6O3. The minimum absolute atomic E-state index is 0.0660. The van der Waals surface area contributed by atoms with Crippen molar-refractivity contribution in [1.82, 2.24) is 19.7 Å². The van der Waals surface area contributed by atoms with Crippen molar-refractivity contribution in [2.75, 3.05) is 17.7 Å². The summed E-state index contributed by atoms with van der Waals surface area (Å²) < 4.78 is 90.5. The molecule has 4 aromatic rings. The predicted octanol–water partition coefficient (Wildman–Crippen LogP) is 4.07. The number of nitrogens with two attached hydrogens (primary N) is 1. The highest BCUT2D eigenvalue weighted by Crippen LogP contribution is 2.35. The number of aliphatic hydroxyl groups excluding tert-OH is 1. The lowest BCUT2D eigenvalue weighted by Gasteiger charge is -2.14. The summed E-state index contributed by atoms with van der Waals surface area (Å²) in [5.74, 6) is -2.65. The van der Waals surface area contributed by atoms with E-state index in [1.165, 1.54) is 12.3 Å². The maximum Gasteiger partial charge on any atom is 0.434 e. The van der Waals surface area contributed by atoms with Crippen LogP contribution < -0.4 is 15.8 Å². The monoisotopic (exact) mass is 548 g/mol. The smallest absolute Gasteiger partial charge is 0.434 e. The third-order valence-corrected chi connectivity index (χ3v) is 4.92. The van der Waals surface area contributed by atoms with Crippen molar-refractivity contribution in [3.05, 3.63) is 83.2 Å². The van der Waals surface area contributed by atoms with Crippen LogP contribution >= 0.6 is 0 Å². The van der Waals surface area contributed by atoms with Gasteiger partial charge in [-0.05, 0) is 12.1 Å². The largest absolute Gasteiger partial charge is 0.450 e. The number of halogens is 6.